The lowest BCUT2D eigenvalue weighted by Gasteiger charge is -2.40. The first-order chi connectivity index (χ1) is 7.78. The molecule has 0 amide bonds. The monoisotopic (exact) mass is 237 g/mol. The molecule has 0 aromatic carbocycles. The van der Waals surface area contributed by atoms with Gasteiger partial charge in [-0.3, -0.25) is 0 Å². The molecule has 1 N–H and O–H groups in total. The van der Waals surface area contributed by atoms with Crippen molar-refractivity contribution in [3.8, 4) is 0 Å². The van der Waals surface area contributed by atoms with Crippen molar-refractivity contribution in [2.45, 2.75) is 30.6 Å². The molecule has 2 rings (SSSR count). The van der Waals surface area contributed by atoms with Crippen LogP contribution in [0.25, 0.3) is 6.20 Å². The number of nitrogens with one attached hydrogen (secondary N) is 1. The van der Waals surface area contributed by atoms with E-state index in [1.54, 1.807) is 10.9 Å². The quantitative estimate of drug-likeness (QED) is 0.823. The van der Waals surface area contributed by atoms with Crippen molar-refractivity contribution in [2.24, 2.45) is 0 Å². The second-order valence-electron chi connectivity index (χ2n) is 4.36. The molecule has 0 atom stereocenters. The third-order valence-corrected chi connectivity index (χ3v) is 4.73. The molecule has 1 fully saturated rings. The molecule has 1 aromatic rings. The van der Waals surface area contributed by atoms with Crippen LogP contribution in [0.4, 0.5) is 0 Å². The molecule has 1 heterocycles. The zero-order chi connectivity index (χ0) is 11.4. The summed E-state index contributed by atoms with van der Waals surface area (Å²) in [5.74, 6) is 0. The van der Waals surface area contributed by atoms with Crippen molar-refractivity contribution in [1.29, 1.82) is 0 Å². The molecule has 0 unspecified atom stereocenters. The Morgan fingerprint density at radius 3 is 3.00 bits per heavy atom. The van der Waals surface area contributed by atoms with E-state index in [9.17, 15) is 0 Å². The van der Waals surface area contributed by atoms with Crippen LogP contribution in [0.2, 0.25) is 0 Å². The predicted molar refractivity (Wildman–Crippen MR) is 70.4 cm³/mol. The molecule has 1 aromatic heterocycles. The Hall–Kier alpha value is -0.740. The van der Waals surface area contributed by atoms with E-state index in [4.69, 9.17) is 0 Å². The maximum absolute atomic E-state index is 4.16. The highest BCUT2D eigenvalue weighted by atomic mass is 32.2. The van der Waals surface area contributed by atoms with Gasteiger partial charge in [0.2, 0.25) is 0 Å². The van der Waals surface area contributed by atoms with Crippen LogP contribution in [-0.4, -0.2) is 27.3 Å². The second kappa shape index (κ2) is 5.06. The summed E-state index contributed by atoms with van der Waals surface area (Å²) in [6, 6.07) is 0. The minimum absolute atomic E-state index is 0.508. The van der Waals surface area contributed by atoms with Crippen molar-refractivity contribution >= 4 is 18.0 Å². The van der Waals surface area contributed by atoms with Gasteiger partial charge in [0.1, 0.15) is 0 Å². The van der Waals surface area contributed by atoms with E-state index >= 15 is 0 Å². The highest BCUT2D eigenvalue weighted by molar-refractivity contribution is 8.00. The van der Waals surface area contributed by atoms with E-state index in [0.29, 0.717) is 4.75 Å². The molecular formula is C12H19N3S. The van der Waals surface area contributed by atoms with Crippen LogP contribution >= 0.6 is 11.8 Å². The Morgan fingerprint density at radius 1 is 1.69 bits per heavy atom. The first-order valence-electron chi connectivity index (χ1n) is 5.69. The molecule has 0 spiro atoms. The molecule has 1 saturated carbocycles. The summed E-state index contributed by atoms with van der Waals surface area (Å²) in [6.07, 6.45) is 11.9. The fourth-order valence-electron chi connectivity index (χ4n) is 2.03. The van der Waals surface area contributed by atoms with Gasteiger partial charge in [0.25, 0.3) is 0 Å². The van der Waals surface area contributed by atoms with Gasteiger partial charge in [-0.25, -0.2) is 4.68 Å². The van der Waals surface area contributed by atoms with Gasteiger partial charge in [0, 0.05) is 35.8 Å². The molecule has 16 heavy (non-hydrogen) atoms. The molecule has 3 nitrogen and oxygen atoms in total. The van der Waals surface area contributed by atoms with Crippen LogP contribution in [0.1, 0.15) is 24.8 Å². The Kier molecular flexibility index (Phi) is 3.71. The average molecular weight is 237 g/mol. The summed E-state index contributed by atoms with van der Waals surface area (Å²) in [6.45, 7) is 5.68. The van der Waals surface area contributed by atoms with Crippen molar-refractivity contribution in [3.63, 3.8) is 0 Å². The van der Waals surface area contributed by atoms with Crippen LogP contribution < -0.4 is 5.32 Å². The van der Waals surface area contributed by atoms with Crippen LogP contribution in [0, 0.1) is 0 Å². The highest BCUT2D eigenvalue weighted by Gasteiger charge is 2.35. The topological polar surface area (TPSA) is 29.9 Å². The van der Waals surface area contributed by atoms with Gasteiger partial charge in [0.05, 0.1) is 6.20 Å². The fraction of sp³-hybridized carbons (Fsp3) is 0.583. The minimum Gasteiger partial charge on any atom is -0.311 e. The summed E-state index contributed by atoms with van der Waals surface area (Å²) in [5.41, 5.74) is 1.22. The standard InChI is InChI=1S/C12H19N3S/c1-3-15-9-11(8-14-15)7-13-10-12(16-2)5-4-6-12/h3,8-9,13H,1,4-7,10H2,2H3. The highest BCUT2D eigenvalue weighted by Crippen LogP contribution is 2.42. The molecular weight excluding hydrogens is 218 g/mol. The van der Waals surface area contributed by atoms with E-state index in [1.165, 1.54) is 24.8 Å². The summed E-state index contributed by atoms with van der Waals surface area (Å²) < 4.78 is 2.25. The third-order valence-electron chi connectivity index (χ3n) is 3.32. The number of nitrogens with zero attached hydrogens (tertiary/aromatic N) is 2. The Balaban J connectivity index is 1.77. The summed E-state index contributed by atoms with van der Waals surface area (Å²) >= 11 is 2.00. The van der Waals surface area contributed by atoms with Crippen molar-refractivity contribution in [2.75, 3.05) is 12.8 Å². The minimum atomic E-state index is 0.508. The van der Waals surface area contributed by atoms with Crippen molar-refractivity contribution in [3.05, 3.63) is 24.5 Å². The van der Waals surface area contributed by atoms with Gasteiger partial charge in [-0.05, 0) is 19.1 Å². The molecule has 1 aliphatic carbocycles. The second-order valence-corrected chi connectivity index (χ2v) is 5.63. The Bertz CT molecular complexity index is 349. The lowest BCUT2D eigenvalue weighted by molar-refractivity contribution is 0.345. The average Bonchev–Trinajstić information content (AvgIpc) is 2.70. The number of rotatable bonds is 6. The van der Waals surface area contributed by atoms with E-state index in [0.717, 1.165) is 13.1 Å². The lowest BCUT2D eigenvalue weighted by Crippen LogP contribution is -2.43. The predicted octanol–water partition coefficient (Wildman–Crippen LogP) is 2.36. The number of hydrogen-bond acceptors (Lipinski definition) is 3. The summed E-state index contributed by atoms with van der Waals surface area (Å²) in [4.78, 5) is 0. The molecule has 88 valence electrons. The first kappa shape index (κ1) is 11.7. The number of hydrogen-bond donors (Lipinski definition) is 1. The van der Waals surface area contributed by atoms with Gasteiger partial charge in [-0.15, -0.1) is 0 Å². The maximum Gasteiger partial charge on any atom is 0.0538 e. The van der Waals surface area contributed by atoms with Gasteiger partial charge < -0.3 is 5.32 Å². The van der Waals surface area contributed by atoms with E-state index < -0.39 is 0 Å². The molecule has 0 radical (unpaired) electrons. The van der Waals surface area contributed by atoms with Gasteiger partial charge in [0.15, 0.2) is 0 Å². The van der Waals surface area contributed by atoms with Crippen molar-refractivity contribution < 1.29 is 0 Å². The van der Waals surface area contributed by atoms with Crippen molar-refractivity contribution in [1.82, 2.24) is 15.1 Å². The van der Waals surface area contributed by atoms with Gasteiger partial charge in [-0.2, -0.15) is 16.9 Å². The molecule has 0 aliphatic heterocycles. The molecule has 0 bridgehead atoms. The molecule has 0 saturated heterocycles. The lowest BCUT2D eigenvalue weighted by atomic mass is 9.84. The Labute approximate surface area is 101 Å². The third kappa shape index (κ3) is 2.50. The number of aromatic nitrogens is 2. The fourth-order valence-corrected chi connectivity index (χ4v) is 2.97. The van der Waals surface area contributed by atoms with Crippen LogP contribution in [-0.2, 0) is 6.54 Å². The zero-order valence-electron chi connectivity index (χ0n) is 9.78. The van der Waals surface area contributed by atoms with Crippen LogP contribution in [0.3, 0.4) is 0 Å². The van der Waals surface area contributed by atoms with Gasteiger partial charge >= 0.3 is 0 Å². The molecule has 1 aliphatic rings. The number of thioether (sulfide) groups is 1. The maximum atomic E-state index is 4.16. The normalized spacial score (nSPS) is 18.1. The smallest absolute Gasteiger partial charge is 0.0538 e. The van der Waals surface area contributed by atoms with E-state index in [2.05, 4.69) is 23.3 Å². The SMILES string of the molecule is C=Cn1cc(CNCC2(SC)CCC2)cn1. The Morgan fingerprint density at radius 2 is 2.50 bits per heavy atom. The first-order valence-corrected chi connectivity index (χ1v) is 6.92. The zero-order valence-corrected chi connectivity index (χ0v) is 10.6. The summed E-state index contributed by atoms with van der Waals surface area (Å²) in [7, 11) is 0. The van der Waals surface area contributed by atoms with Crippen LogP contribution in [0.5, 0.6) is 0 Å². The van der Waals surface area contributed by atoms with Gasteiger partial charge in [-0.1, -0.05) is 13.0 Å². The largest absolute Gasteiger partial charge is 0.311 e. The molecule has 4 heteroatoms. The summed E-state index contributed by atoms with van der Waals surface area (Å²) in [5, 5.41) is 7.68. The van der Waals surface area contributed by atoms with Crippen LogP contribution in [0.15, 0.2) is 19.0 Å². The van der Waals surface area contributed by atoms with E-state index in [-0.39, 0.29) is 0 Å². The van der Waals surface area contributed by atoms with E-state index in [1.807, 2.05) is 24.2 Å².